The normalized spacial score (nSPS) is 10.2. The van der Waals surface area contributed by atoms with Crippen molar-refractivity contribution in [3.05, 3.63) is 15.0 Å². The number of ether oxygens (including phenoxy) is 1. The van der Waals surface area contributed by atoms with Gasteiger partial charge < -0.3 is 4.74 Å². The number of nitrogens with zero attached hydrogens (tertiary/aromatic N) is 2. The maximum absolute atomic E-state index is 11.4. The molecule has 1 aromatic heterocycles. The Labute approximate surface area is 90.4 Å². The molecule has 1 aromatic rings. The second-order valence-electron chi connectivity index (χ2n) is 2.60. The molecule has 0 radical (unpaired) electrons. The summed E-state index contributed by atoms with van der Waals surface area (Å²) >= 11 is 2.03. The topological polar surface area (TPSA) is 44.1 Å². The average Bonchev–Trinajstić information content (AvgIpc) is 2.27. The largest absolute Gasteiger partial charge is 0.462 e. The van der Waals surface area contributed by atoms with Crippen molar-refractivity contribution in [3.8, 4) is 0 Å². The summed E-state index contributed by atoms with van der Waals surface area (Å²) in [4.78, 5) is 11.4. The zero-order chi connectivity index (χ0) is 10.0. The third kappa shape index (κ3) is 2.01. The van der Waals surface area contributed by atoms with E-state index < -0.39 is 0 Å². The Kier molecular flexibility index (Phi) is 3.29. The summed E-state index contributed by atoms with van der Waals surface area (Å²) in [6.45, 7) is 4.03. The van der Waals surface area contributed by atoms with E-state index in [1.165, 1.54) is 0 Å². The van der Waals surface area contributed by atoms with Crippen LogP contribution in [0.25, 0.3) is 0 Å². The van der Waals surface area contributed by atoms with Crippen molar-refractivity contribution in [2.75, 3.05) is 6.61 Å². The molecular formula is C8H11IN2O2. The smallest absolute Gasteiger partial charge is 0.342 e. The van der Waals surface area contributed by atoms with Gasteiger partial charge in [-0.2, -0.15) is 5.10 Å². The maximum Gasteiger partial charge on any atom is 0.342 e. The molecule has 0 aromatic carbocycles. The SMILES string of the molecule is CCOC(=O)c1c(I)nn(C)c1C. The molecule has 1 heterocycles. The Bertz CT molecular complexity index is 333. The molecule has 0 N–H and O–H groups in total. The van der Waals surface area contributed by atoms with Crippen molar-refractivity contribution in [1.82, 2.24) is 9.78 Å². The van der Waals surface area contributed by atoms with Gasteiger partial charge in [-0.25, -0.2) is 4.79 Å². The minimum absolute atomic E-state index is 0.294. The fraction of sp³-hybridized carbons (Fsp3) is 0.500. The molecule has 0 unspecified atom stereocenters. The second kappa shape index (κ2) is 4.08. The third-order valence-corrected chi connectivity index (χ3v) is 2.53. The van der Waals surface area contributed by atoms with Crippen molar-refractivity contribution in [2.24, 2.45) is 7.05 Å². The molecule has 5 heteroatoms. The van der Waals surface area contributed by atoms with Crippen molar-refractivity contribution < 1.29 is 9.53 Å². The van der Waals surface area contributed by atoms with Crippen molar-refractivity contribution in [3.63, 3.8) is 0 Å². The van der Waals surface area contributed by atoms with Gasteiger partial charge in [0.05, 0.1) is 12.3 Å². The summed E-state index contributed by atoms with van der Waals surface area (Å²) in [6, 6.07) is 0. The minimum Gasteiger partial charge on any atom is -0.462 e. The maximum atomic E-state index is 11.4. The highest BCUT2D eigenvalue weighted by molar-refractivity contribution is 14.1. The van der Waals surface area contributed by atoms with Crippen LogP contribution in [0.1, 0.15) is 23.0 Å². The van der Waals surface area contributed by atoms with Gasteiger partial charge in [0.1, 0.15) is 9.26 Å². The highest BCUT2D eigenvalue weighted by Crippen LogP contribution is 2.15. The molecule has 0 aliphatic rings. The molecule has 0 aliphatic heterocycles. The first-order valence-electron chi connectivity index (χ1n) is 3.94. The standard InChI is InChI=1S/C8H11IN2O2/c1-4-13-8(12)6-5(2)11(3)10-7(6)9/h4H2,1-3H3. The zero-order valence-corrected chi connectivity index (χ0v) is 9.95. The lowest BCUT2D eigenvalue weighted by Gasteiger charge is -2.00. The van der Waals surface area contributed by atoms with Gasteiger partial charge in [0.2, 0.25) is 0 Å². The van der Waals surface area contributed by atoms with Crippen LogP contribution >= 0.6 is 22.6 Å². The van der Waals surface area contributed by atoms with Crippen molar-refractivity contribution >= 4 is 28.6 Å². The van der Waals surface area contributed by atoms with E-state index in [-0.39, 0.29) is 5.97 Å². The predicted octanol–water partition coefficient (Wildman–Crippen LogP) is 1.51. The molecule has 0 spiro atoms. The fourth-order valence-electron chi connectivity index (χ4n) is 1.00. The first-order valence-corrected chi connectivity index (χ1v) is 5.02. The van der Waals surface area contributed by atoms with Crippen molar-refractivity contribution in [1.29, 1.82) is 0 Å². The summed E-state index contributed by atoms with van der Waals surface area (Å²) < 4.78 is 7.27. The molecule has 4 nitrogen and oxygen atoms in total. The third-order valence-electron chi connectivity index (χ3n) is 1.77. The summed E-state index contributed by atoms with van der Waals surface area (Å²) in [5, 5.41) is 4.12. The molecule has 72 valence electrons. The molecule has 1 rings (SSSR count). The van der Waals surface area contributed by atoms with Gasteiger partial charge >= 0.3 is 5.97 Å². The lowest BCUT2D eigenvalue weighted by atomic mass is 10.3. The van der Waals surface area contributed by atoms with Crippen LogP contribution in [0.4, 0.5) is 0 Å². The Morgan fingerprint density at radius 1 is 1.69 bits per heavy atom. The molecule has 13 heavy (non-hydrogen) atoms. The quantitative estimate of drug-likeness (QED) is 0.613. The summed E-state index contributed by atoms with van der Waals surface area (Å²) in [5.74, 6) is -0.294. The minimum atomic E-state index is -0.294. The fourth-order valence-corrected chi connectivity index (χ4v) is 1.94. The molecule has 0 amide bonds. The van der Waals surface area contributed by atoms with E-state index in [4.69, 9.17) is 4.74 Å². The van der Waals surface area contributed by atoms with Crippen LogP contribution in [0, 0.1) is 10.6 Å². The van der Waals surface area contributed by atoms with E-state index in [2.05, 4.69) is 5.10 Å². The van der Waals surface area contributed by atoms with E-state index in [0.717, 1.165) is 5.69 Å². The first-order chi connectivity index (χ1) is 6.07. The Morgan fingerprint density at radius 2 is 2.31 bits per heavy atom. The van der Waals surface area contributed by atoms with Crippen LogP contribution in [0.2, 0.25) is 0 Å². The summed E-state index contributed by atoms with van der Waals surface area (Å²) in [7, 11) is 1.81. The molecule has 0 saturated heterocycles. The molecule has 0 fully saturated rings. The number of carbonyl (C=O) groups excluding carboxylic acids is 1. The van der Waals surface area contributed by atoms with E-state index in [9.17, 15) is 4.79 Å². The van der Waals surface area contributed by atoms with E-state index in [0.29, 0.717) is 15.9 Å². The van der Waals surface area contributed by atoms with Crippen molar-refractivity contribution in [2.45, 2.75) is 13.8 Å². The number of aryl methyl sites for hydroxylation is 1. The molecule has 0 aliphatic carbocycles. The van der Waals surface area contributed by atoms with Crippen LogP contribution < -0.4 is 0 Å². The average molecular weight is 294 g/mol. The van der Waals surface area contributed by atoms with Gasteiger partial charge in [0.15, 0.2) is 0 Å². The summed E-state index contributed by atoms with van der Waals surface area (Å²) in [5.41, 5.74) is 1.41. The van der Waals surface area contributed by atoms with E-state index >= 15 is 0 Å². The van der Waals surface area contributed by atoms with Gasteiger partial charge in [-0.1, -0.05) is 0 Å². The van der Waals surface area contributed by atoms with Crippen LogP contribution in [0.3, 0.4) is 0 Å². The lowest BCUT2D eigenvalue weighted by Crippen LogP contribution is -2.07. The van der Waals surface area contributed by atoms with Gasteiger partial charge in [0, 0.05) is 7.05 Å². The number of hydrogen-bond acceptors (Lipinski definition) is 3. The second-order valence-corrected chi connectivity index (χ2v) is 3.62. The highest BCUT2D eigenvalue weighted by Gasteiger charge is 2.18. The number of hydrogen-bond donors (Lipinski definition) is 0. The number of esters is 1. The van der Waals surface area contributed by atoms with E-state index in [1.807, 2.05) is 29.5 Å². The zero-order valence-electron chi connectivity index (χ0n) is 7.80. The van der Waals surface area contributed by atoms with Crippen LogP contribution in [-0.2, 0) is 11.8 Å². The van der Waals surface area contributed by atoms with Gasteiger partial charge in [-0.3, -0.25) is 4.68 Å². The Hall–Kier alpha value is -0.590. The van der Waals surface area contributed by atoms with Gasteiger partial charge in [-0.15, -0.1) is 0 Å². The highest BCUT2D eigenvalue weighted by atomic mass is 127. The van der Waals surface area contributed by atoms with E-state index in [1.54, 1.807) is 18.7 Å². The Balaban J connectivity index is 3.06. The lowest BCUT2D eigenvalue weighted by molar-refractivity contribution is 0.0524. The summed E-state index contributed by atoms with van der Waals surface area (Å²) in [6.07, 6.45) is 0. The first kappa shape index (κ1) is 10.5. The number of aromatic nitrogens is 2. The Morgan fingerprint density at radius 3 is 2.69 bits per heavy atom. The number of rotatable bonds is 2. The van der Waals surface area contributed by atoms with Gasteiger partial charge in [0.25, 0.3) is 0 Å². The molecular weight excluding hydrogens is 283 g/mol. The predicted molar refractivity (Wildman–Crippen MR) is 56.6 cm³/mol. The molecule has 0 saturated carbocycles. The van der Waals surface area contributed by atoms with Gasteiger partial charge in [-0.05, 0) is 36.4 Å². The van der Waals surface area contributed by atoms with Crippen LogP contribution in [0.5, 0.6) is 0 Å². The van der Waals surface area contributed by atoms with Crippen LogP contribution in [-0.4, -0.2) is 22.4 Å². The molecule has 0 atom stereocenters. The number of carbonyl (C=O) groups is 1. The molecule has 0 bridgehead atoms. The number of halogens is 1. The van der Waals surface area contributed by atoms with Crippen LogP contribution in [0.15, 0.2) is 0 Å². The monoisotopic (exact) mass is 294 g/mol.